The molecule has 0 fully saturated rings. The Kier molecular flexibility index (Phi) is 5.85. The predicted octanol–water partition coefficient (Wildman–Crippen LogP) is 3.17. The maximum absolute atomic E-state index is 11.9. The van der Waals surface area contributed by atoms with Gasteiger partial charge in [-0.15, -0.1) is 0 Å². The average molecular weight is 388 g/mol. The molecular weight excluding hydrogens is 364 g/mol. The summed E-state index contributed by atoms with van der Waals surface area (Å²) in [7, 11) is -1.01. The molecule has 2 aromatic rings. The molecule has 6 heteroatoms. The monoisotopic (exact) mass is 388 g/mol. The third-order valence-electron chi connectivity index (χ3n) is 4.85. The molecule has 1 unspecified atom stereocenters. The molecule has 144 valence electrons. The van der Waals surface area contributed by atoms with E-state index in [9.17, 15) is 13.2 Å². The Morgan fingerprint density at radius 2 is 1.89 bits per heavy atom. The van der Waals surface area contributed by atoms with Gasteiger partial charge in [0, 0.05) is 5.92 Å². The molecule has 0 spiro atoms. The molecule has 0 aliphatic heterocycles. The minimum atomic E-state index is -2.39. The lowest BCUT2D eigenvalue weighted by Crippen LogP contribution is -2.14. The van der Waals surface area contributed by atoms with E-state index in [2.05, 4.69) is 0 Å². The number of hydrogen-bond donors (Lipinski definition) is 1. The highest BCUT2D eigenvalue weighted by atomic mass is 32.2. The molecule has 5 nitrogen and oxygen atoms in total. The Balaban J connectivity index is 1.90. The van der Waals surface area contributed by atoms with Crippen molar-refractivity contribution in [2.45, 2.75) is 26.7 Å². The second-order valence-corrected chi connectivity index (χ2v) is 8.10. The van der Waals surface area contributed by atoms with Crippen LogP contribution in [0.1, 0.15) is 34.0 Å². The third kappa shape index (κ3) is 4.33. The van der Waals surface area contributed by atoms with E-state index < -0.39 is 10.7 Å². The van der Waals surface area contributed by atoms with Gasteiger partial charge >= 0.3 is 5.97 Å². The van der Waals surface area contributed by atoms with E-state index >= 15 is 0 Å². The van der Waals surface area contributed by atoms with Crippen molar-refractivity contribution in [1.29, 1.82) is 0 Å². The molecule has 3 rings (SSSR count). The van der Waals surface area contributed by atoms with Crippen molar-refractivity contribution in [2.24, 2.45) is 5.92 Å². The lowest BCUT2D eigenvalue weighted by atomic mass is 9.82. The molecule has 0 heterocycles. The molecule has 0 aromatic heterocycles. The van der Waals surface area contributed by atoms with E-state index in [0.29, 0.717) is 12.2 Å². The van der Waals surface area contributed by atoms with Gasteiger partial charge in [0.15, 0.2) is 0 Å². The number of methoxy groups -OCH3 is 1. The SMILES string of the molecule is COC(=O)c1ccc2c(c1)-c1c(C)cc(OCC(C)C[SH](=O)=O)cc1CC2. The molecule has 0 saturated carbocycles. The quantitative estimate of drug-likeness (QED) is 0.608. The third-order valence-corrected chi connectivity index (χ3v) is 5.77. The van der Waals surface area contributed by atoms with Gasteiger partial charge in [0.05, 0.1) is 25.0 Å². The molecule has 1 atom stereocenters. The molecule has 0 bridgehead atoms. The van der Waals surface area contributed by atoms with Crippen molar-refractivity contribution in [3.05, 3.63) is 52.6 Å². The Labute approximate surface area is 161 Å². The summed E-state index contributed by atoms with van der Waals surface area (Å²) in [5.41, 5.74) is 6.24. The number of hydrogen-bond acceptors (Lipinski definition) is 5. The van der Waals surface area contributed by atoms with Crippen molar-refractivity contribution in [3.8, 4) is 16.9 Å². The van der Waals surface area contributed by atoms with Crippen LogP contribution in [0.3, 0.4) is 0 Å². The van der Waals surface area contributed by atoms with Gasteiger partial charge in [0.1, 0.15) is 16.5 Å². The van der Waals surface area contributed by atoms with Crippen LogP contribution < -0.4 is 4.74 Å². The van der Waals surface area contributed by atoms with Crippen LogP contribution in [0.5, 0.6) is 5.75 Å². The Bertz CT molecular complexity index is 938. The molecule has 1 aliphatic carbocycles. The van der Waals surface area contributed by atoms with E-state index in [1.807, 2.05) is 44.2 Å². The van der Waals surface area contributed by atoms with E-state index in [4.69, 9.17) is 9.47 Å². The fraction of sp³-hybridized carbons (Fsp3) is 0.381. The van der Waals surface area contributed by atoms with Gasteiger partial charge in [-0.1, -0.05) is 13.0 Å². The van der Waals surface area contributed by atoms with Crippen molar-refractivity contribution in [1.82, 2.24) is 0 Å². The summed E-state index contributed by atoms with van der Waals surface area (Å²) in [5.74, 6) is 0.494. The number of carbonyl (C=O) groups is 1. The summed E-state index contributed by atoms with van der Waals surface area (Å²) in [5, 5.41) is 0. The number of carbonyl (C=O) groups excluding carboxylic acids is 1. The highest BCUT2D eigenvalue weighted by molar-refractivity contribution is 7.72. The molecule has 0 radical (unpaired) electrons. The van der Waals surface area contributed by atoms with Crippen LogP contribution in [-0.4, -0.2) is 33.9 Å². The van der Waals surface area contributed by atoms with Gasteiger partial charge in [0.2, 0.25) is 0 Å². The number of ether oxygens (including phenoxy) is 2. The second-order valence-electron chi connectivity index (χ2n) is 7.07. The van der Waals surface area contributed by atoms with Crippen LogP contribution in [0.15, 0.2) is 30.3 Å². The fourth-order valence-corrected chi connectivity index (χ4v) is 4.19. The highest BCUT2D eigenvalue weighted by Crippen LogP contribution is 2.38. The number of thiol groups is 1. The minimum Gasteiger partial charge on any atom is -0.493 e. The van der Waals surface area contributed by atoms with Gasteiger partial charge in [-0.2, -0.15) is 0 Å². The molecule has 0 amide bonds. The summed E-state index contributed by atoms with van der Waals surface area (Å²) >= 11 is 0. The summed E-state index contributed by atoms with van der Waals surface area (Å²) < 4.78 is 32.3. The number of fused-ring (bicyclic) bond motifs is 3. The lowest BCUT2D eigenvalue weighted by molar-refractivity contribution is 0.0600. The van der Waals surface area contributed by atoms with Crippen molar-refractivity contribution in [2.75, 3.05) is 19.5 Å². The smallest absolute Gasteiger partial charge is 0.337 e. The van der Waals surface area contributed by atoms with E-state index in [-0.39, 0.29) is 17.6 Å². The first-order chi connectivity index (χ1) is 12.9. The average Bonchev–Trinajstić information content (AvgIpc) is 2.64. The summed E-state index contributed by atoms with van der Waals surface area (Å²) in [4.78, 5) is 11.9. The number of benzene rings is 2. The molecule has 0 saturated heterocycles. The van der Waals surface area contributed by atoms with E-state index in [1.54, 1.807) is 0 Å². The van der Waals surface area contributed by atoms with Gasteiger partial charge in [-0.3, -0.25) is 0 Å². The van der Waals surface area contributed by atoms with Gasteiger partial charge < -0.3 is 9.47 Å². The maximum atomic E-state index is 11.9. The lowest BCUT2D eigenvalue weighted by Gasteiger charge is -2.24. The molecule has 27 heavy (non-hydrogen) atoms. The predicted molar refractivity (Wildman–Crippen MR) is 105 cm³/mol. The minimum absolute atomic E-state index is 0.0502. The zero-order valence-corrected chi connectivity index (χ0v) is 16.7. The van der Waals surface area contributed by atoms with Crippen LogP contribution >= 0.6 is 0 Å². The van der Waals surface area contributed by atoms with Crippen molar-refractivity contribution < 1.29 is 22.7 Å². The summed E-state index contributed by atoms with van der Waals surface area (Å²) in [6.45, 7) is 4.26. The number of esters is 1. The number of aryl methyl sites for hydroxylation is 3. The maximum Gasteiger partial charge on any atom is 0.337 e. The summed E-state index contributed by atoms with van der Waals surface area (Å²) in [6, 6.07) is 9.72. The Morgan fingerprint density at radius 3 is 2.59 bits per heavy atom. The topological polar surface area (TPSA) is 69.7 Å². The van der Waals surface area contributed by atoms with Crippen LogP contribution in [0.25, 0.3) is 11.1 Å². The van der Waals surface area contributed by atoms with Crippen molar-refractivity contribution in [3.63, 3.8) is 0 Å². The molecule has 0 N–H and O–H groups in total. The van der Waals surface area contributed by atoms with Crippen LogP contribution in [-0.2, 0) is 28.3 Å². The fourth-order valence-electron chi connectivity index (χ4n) is 3.58. The van der Waals surface area contributed by atoms with E-state index in [0.717, 1.165) is 35.3 Å². The standard InChI is InChI=1S/C21H24O5S/c1-13(12-27(23)24)11-26-18-8-14(2)20-16(9-18)6-4-15-5-7-17(10-19(15)20)21(22)25-3/h5,7-10,13,27H,4,6,11-12H2,1-3H3. The van der Waals surface area contributed by atoms with Crippen LogP contribution in [0.4, 0.5) is 0 Å². The van der Waals surface area contributed by atoms with Gasteiger partial charge in [-0.25, -0.2) is 13.2 Å². The zero-order valence-electron chi connectivity index (χ0n) is 15.8. The molecular formula is C21H24O5S. The van der Waals surface area contributed by atoms with Gasteiger partial charge in [0.25, 0.3) is 0 Å². The first-order valence-electron chi connectivity index (χ1n) is 8.98. The molecule has 1 aliphatic rings. The number of rotatable bonds is 6. The largest absolute Gasteiger partial charge is 0.493 e. The zero-order chi connectivity index (χ0) is 19.6. The molecule has 2 aromatic carbocycles. The van der Waals surface area contributed by atoms with Crippen LogP contribution in [0, 0.1) is 12.8 Å². The highest BCUT2D eigenvalue weighted by Gasteiger charge is 2.21. The second kappa shape index (κ2) is 8.13. The Morgan fingerprint density at radius 1 is 1.15 bits per heavy atom. The summed E-state index contributed by atoms with van der Waals surface area (Å²) in [6.07, 6.45) is 1.81. The first-order valence-corrected chi connectivity index (χ1v) is 10.3. The van der Waals surface area contributed by atoms with Crippen LogP contribution in [0.2, 0.25) is 0 Å². The normalized spacial score (nSPS) is 13.6. The van der Waals surface area contributed by atoms with Crippen molar-refractivity contribution >= 4 is 16.7 Å². The first kappa shape index (κ1) is 19.4. The van der Waals surface area contributed by atoms with E-state index in [1.165, 1.54) is 18.2 Å². The van der Waals surface area contributed by atoms with Gasteiger partial charge in [-0.05, 0) is 71.8 Å². The Hall–Kier alpha value is -2.34.